The van der Waals surface area contributed by atoms with Crippen LogP contribution in [0.3, 0.4) is 0 Å². The Morgan fingerprint density at radius 1 is 1.22 bits per heavy atom. The summed E-state index contributed by atoms with van der Waals surface area (Å²) in [5.74, 6) is -1.58. The first-order valence-electron chi connectivity index (χ1n) is 10.7. The highest BCUT2D eigenvalue weighted by Gasteiger charge is 2.31. The number of carbonyl (C=O) groups excluding carboxylic acids is 4. The lowest BCUT2D eigenvalue weighted by atomic mass is 10.1. The Hall–Kier alpha value is -2.50. The second-order valence-electron chi connectivity index (χ2n) is 8.23. The van der Waals surface area contributed by atoms with Gasteiger partial charge in [0.1, 0.15) is 11.1 Å². The lowest BCUT2D eigenvalue weighted by Crippen LogP contribution is -2.52. The standard InChI is InChI=1S/C21H30N4O6S/c1-12(2)31-21(29)16-13(3)17(18(22)27)32-19(16)23-15(26)11-24-6-8-25(9-7-24)20(28)14-5-4-10-30-14/h12,14H,4-11H2,1-3H3,(H2,22,27)(H,23,26)/t14-/m1/s1. The molecule has 1 aromatic heterocycles. The van der Waals surface area contributed by atoms with Gasteiger partial charge in [-0.25, -0.2) is 4.79 Å². The Bertz CT molecular complexity index is 885. The molecule has 2 aliphatic heterocycles. The van der Waals surface area contributed by atoms with Crippen molar-refractivity contribution >= 4 is 40.0 Å². The van der Waals surface area contributed by atoms with Gasteiger partial charge >= 0.3 is 5.97 Å². The number of primary amides is 1. The van der Waals surface area contributed by atoms with Gasteiger partial charge in [0.05, 0.1) is 23.1 Å². The summed E-state index contributed by atoms with van der Waals surface area (Å²) in [6.07, 6.45) is 0.978. The van der Waals surface area contributed by atoms with E-state index in [0.717, 1.165) is 24.2 Å². The van der Waals surface area contributed by atoms with Gasteiger partial charge in [-0.3, -0.25) is 19.3 Å². The largest absolute Gasteiger partial charge is 0.459 e. The Morgan fingerprint density at radius 2 is 1.91 bits per heavy atom. The van der Waals surface area contributed by atoms with Gasteiger partial charge in [-0.2, -0.15) is 0 Å². The number of thiophene rings is 1. The molecular weight excluding hydrogens is 436 g/mol. The van der Waals surface area contributed by atoms with Gasteiger partial charge in [0.2, 0.25) is 5.91 Å². The van der Waals surface area contributed by atoms with Crippen LogP contribution >= 0.6 is 11.3 Å². The van der Waals surface area contributed by atoms with Crippen LogP contribution in [-0.4, -0.2) is 85.0 Å². The van der Waals surface area contributed by atoms with Crippen molar-refractivity contribution in [2.45, 2.75) is 45.8 Å². The van der Waals surface area contributed by atoms with E-state index in [4.69, 9.17) is 15.2 Å². The van der Waals surface area contributed by atoms with Crippen LogP contribution in [0.4, 0.5) is 5.00 Å². The van der Waals surface area contributed by atoms with Gasteiger partial charge in [-0.15, -0.1) is 11.3 Å². The molecule has 0 aliphatic carbocycles. The zero-order valence-electron chi connectivity index (χ0n) is 18.6. The number of ether oxygens (including phenoxy) is 2. The number of rotatable bonds is 7. The predicted octanol–water partition coefficient (Wildman–Crippen LogP) is 0.982. The fourth-order valence-corrected chi connectivity index (χ4v) is 4.89. The number of esters is 1. The van der Waals surface area contributed by atoms with Crippen LogP contribution in [0.5, 0.6) is 0 Å². The number of hydrogen-bond acceptors (Lipinski definition) is 8. The molecule has 0 spiro atoms. The van der Waals surface area contributed by atoms with Crippen molar-refractivity contribution in [3.05, 3.63) is 16.0 Å². The van der Waals surface area contributed by atoms with Gasteiger partial charge in [0, 0.05) is 32.8 Å². The quantitative estimate of drug-likeness (QED) is 0.573. The molecule has 32 heavy (non-hydrogen) atoms. The van der Waals surface area contributed by atoms with Crippen LogP contribution in [0.15, 0.2) is 0 Å². The maximum Gasteiger partial charge on any atom is 0.341 e. The second-order valence-corrected chi connectivity index (χ2v) is 9.25. The summed E-state index contributed by atoms with van der Waals surface area (Å²) in [4.78, 5) is 53.3. The lowest BCUT2D eigenvalue weighted by molar-refractivity contribution is -0.142. The first-order chi connectivity index (χ1) is 15.2. The van der Waals surface area contributed by atoms with E-state index in [1.165, 1.54) is 0 Å². The fraction of sp³-hybridized carbons (Fsp3) is 0.619. The zero-order chi connectivity index (χ0) is 23.4. The van der Waals surface area contributed by atoms with Crippen LogP contribution in [0.2, 0.25) is 0 Å². The number of carbonyl (C=O) groups is 4. The first kappa shape index (κ1) is 24.1. The van der Waals surface area contributed by atoms with Crippen molar-refractivity contribution in [3.63, 3.8) is 0 Å². The number of nitrogens with one attached hydrogen (secondary N) is 1. The third kappa shape index (κ3) is 5.64. The number of piperazine rings is 1. The summed E-state index contributed by atoms with van der Waals surface area (Å²) < 4.78 is 10.7. The number of nitrogens with zero attached hydrogens (tertiary/aromatic N) is 2. The van der Waals surface area contributed by atoms with Crippen molar-refractivity contribution in [1.29, 1.82) is 0 Å². The Balaban J connectivity index is 1.60. The first-order valence-corrected chi connectivity index (χ1v) is 11.6. The molecule has 3 heterocycles. The molecule has 0 saturated carbocycles. The van der Waals surface area contributed by atoms with E-state index in [1.807, 2.05) is 4.90 Å². The SMILES string of the molecule is Cc1c(C(N)=O)sc(NC(=O)CN2CCN(C(=O)[C@H]3CCCO3)CC2)c1C(=O)OC(C)C. The van der Waals surface area contributed by atoms with E-state index in [9.17, 15) is 19.2 Å². The molecule has 2 aliphatic rings. The van der Waals surface area contributed by atoms with Crippen LogP contribution < -0.4 is 11.1 Å². The summed E-state index contributed by atoms with van der Waals surface area (Å²) in [5.41, 5.74) is 5.96. The highest BCUT2D eigenvalue weighted by atomic mass is 32.1. The summed E-state index contributed by atoms with van der Waals surface area (Å²) in [6, 6.07) is 0. The number of anilines is 1. The summed E-state index contributed by atoms with van der Waals surface area (Å²) in [7, 11) is 0. The molecule has 1 atom stereocenters. The monoisotopic (exact) mass is 466 g/mol. The lowest BCUT2D eigenvalue weighted by Gasteiger charge is -2.35. The normalized spacial score (nSPS) is 19.2. The third-order valence-corrected chi connectivity index (χ3v) is 6.65. The van der Waals surface area contributed by atoms with E-state index >= 15 is 0 Å². The van der Waals surface area contributed by atoms with E-state index in [0.29, 0.717) is 38.3 Å². The third-order valence-electron chi connectivity index (χ3n) is 5.43. The number of nitrogens with two attached hydrogens (primary N) is 1. The highest BCUT2D eigenvalue weighted by molar-refractivity contribution is 7.18. The van der Waals surface area contributed by atoms with Crippen LogP contribution in [0.1, 0.15) is 52.3 Å². The molecule has 3 rings (SSSR count). The Morgan fingerprint density at radius 3 is 2.47 bits per heavy atom. The summed E-state index contributed by atoms with van der Waals surface area (Å²) in [6.45, 7) is 7.95. The summed E-state index contributed by atoms with van der Waals surface area (Å²) >= 11 is 0.966. The molecule has 0 aromatic carbocycles. The van der Waals surface area contributed by atoms with Gasteiger partial charge in [0.25, 0.3) is 11.8 Å². The molecule has 0 unspecified atom stereocenters. The van der Waals surface area contributed by atoms with Crippen molar-refractivity contribution in [2.75, 3.05) is 44.6 Å². The molecular formula is C21H30N4O6S. The van der Waals surface area contributed by atoms with Crippen molar-refractivity contribution in [2.24, 2.45) is 5.73 Å². The van der Waals surface area contributed by atoms with Crippen LogP contribution in [-0.2, 0) is 19.1 Å². The molecule has 3 N–H and O–H groups in total. The second kappa shape index (κ2) is 10.4. The minimum atomic E-state index is -0.668. The highest BCUT2D eigenvalue weighted by Crippen LogP contribution is 2.33. The zero-order valence-corrected chi connectivity index (χ0v) is 19.5. The number of amides is 3. The molecule has 1 aromatic rings. The fourth-order valence-electron chi connectivity index (χ4n) is 3.83. The van der Waals surface area contributed by atoms with Crippen molar-refractivity contribution < 1.29 is 28.7 Å². The minimum Gasteiger partial charge on any atom is -0.459 e. The van der Waals surface area contributed by atoms with E-state index in [2.05, 4.69) is 5.32 Å². The van der Waals surface area contributed by atoms with Gasteiger partial charge in [0.15, 0.2) is 0 Å². The Labute approximate surface area is 191 Å². The smallest absolute Gasteiger partial charge is 0.341 e. The maximum atomic E-state index is 12.7. The molecule has 0 radical (unpaired) electrons. The average Bonchev–Trinajstić information content (AvgIpc) is 3.35. The molecule has 0 bridgehead atoms. The van der Waals surface area contributed by atoms with Crippen LogP contribution in [0, 0.1) is 6.92 Å². The van der Waals surface area contributed by atoms with Gasteiger partial charge < -0.3 is 25.4 Å². The summed E-state index contributed by atoms with van der Waals surface area (Å²) in [5, 5.41) is 2.98. The molecule has 2 saturated heterocycles. The van der Waals surface area contributed by atoms with Gasteiger partial charge in [-0.1, -0.05) is 0 Å². The molecule has 176 valence electrons. The molecule has 2 fully saturated rings. The minimum absolute atomic E-state index is 0.0213. The topological polar surface area (TPSA) is 131 Å². The van der Waals surface area contributed by atoms with E-state index < -0.39 is 11.9 Å². The molecule has 10 nitrogen and oxygen atoms in total. The van der Waals surface area contributed by atoms with Crippen molar-refractivity contribution in [3.8, 4) is 0 Å². The predicted molar refractivity (Wildman–Crippen MR) is 119 cm³/mol. The average molecular weight is 467 g/mol. The van der Waals surface area contributed by atoms with E-state index in [-0.39, 0.29) is 46.0 Å². The maximum absolute atomic E-state index is 12.7. The van der Waals surface area contributed by atoms with Gasteiger partial charge in [-0.05, 0) is 39.2 Å². The molecule has 11 heteroatoms. The number of hydrogen-bond donors (Lipinski definition) is 2. The van der Waals surface area contributed by atoms with Crippen LogP contribution in [0.25, 0.3) is 0 Å². The van der Waals surface area contributed by atoms with E-state index in [1.54, 1.807) is 25.7 Å². The Kier molecular flexibility index (Phi) is 7.86. The van der Waals surface area contributed by atoms with Crippen molar-refractivity contribution in [1.82, 2.24) is 9.80 Å². The molecule has 3 amide bonds.